The molecule has 0 radical (unpaired) electrons. The Hall–Kier alpha value is -1.75. The van der Waals surface area contributed by atoms with Crippen LogP contribution in [0.15, 0.2) is 18.2 Å². The van der Waals surface area contributed by atoms with Crippen molar-refractivity contribution in [2.24, 2.45) is 0 Å². The van der Waals surface area contributed by atoms with Crippen molar-refractivity contribution in [3.63, 3.8) is 0 Å². The number of hydrogen-bond donors (Lipinski definition) is 2. The van der Waals surface area contributed by atoms with Gasteiger partial charge in [-0.05, 0) is 49.8 Å². The molecule has 1 heterocycles. The van der Waals surface area contributed by atoms with E-state index in [1.807, 2.05) is 18.2 Å². The van der Waals surface area contributed by atoms with Crippen molar-refractivity contribution in [1.82, 2.24) is 5.32 Å². The summed E-state index contributed by atoms with van der Waals surface area (Å²) in [6.07, 6.45) is 6.30. The van der Waals surface area contributed by atoms with Gasteiger partial charge in [0.25, 0.3) is 0 Å². The molecule has 1 aliphatic heterocycles. The highest BCUT2D eigenvalue weighted by Crippen LogP contribution is 2.35. The molecule has 126 valence electrons. The van der Waals surface area contributed by atoms with Crippen molar-refractivity contribution < 1.29 is 19.4 Å². The standard InChI is InChI=1S/C18H25NO4/c20-9-10-22-16-7-5-13(14-6-8-18(21)19-12-14)11-17(16)23-15-3-1-2-4-15/h5,7,11,14-15,20H,1-4,6,8-10,12H2,(H,19,21)/t14-/m1/s1. The summed E-state index contributed by atoms with van der Waals surface area (Å²) >= 11 is 0. The number of piperidine rings is 1. The average Bonchev–Trinajstić information content (AvgIpc) is 3.07. The number of hydrogen-bond acceptors (Lipinski definition) is 4. The van der Waals surface area contributed by atoms with Crippen LogP contribution >= 0.6 is 0 Å². The van der Waals surface area contributed by atoms with E-state index in [4.69, 9.17) is 14.6 Å². The van der Waals surface area contributed by atoms with Gasteiger partial charge in [0.05, 0.1) is 12.7 Å². The molecule has 0 unspecified atom stereocenters. The molecule has 1 aromatic rings. The number of carbonyl (C=O) groups excluding carboxylic acids is 1. The van der Waals surface area contributed by atoms with Crippen LogP contribution < -0.4 is 14.8 Å². The lowest BCUT2D eigenvalue weighted by molar-refractivity contribution is -0.122. The summed E-state index contributed by atoms with van der Waals surface area (Å²) in [6.45, 7) is 0.928. The zero-order valence-electron chi connectivity index (χ0n) is 13.4. The fraction of sp³-hybridized carbons (Fsp3) is 0.611. The molecule has 3 rings (SSSR count). The molecule has 5 heteroatoms. The van der Waals surface area contributed by atoms with Crippen molar-refractivity contribution in [2.75, 3.05) is 19.8 Å². The predicted molar refractivity (Wildman–Crippen MR) is 86.9 cm³/mol. The molecule has 5 nitrogen and oxygen atoms in total. The molecule has 0 bridgehead atoms. The van der Waals surface area contributed by atoms with Crippen LogP contribution in [0.2, 0.25) is 0 Å². The first kappa shape index (κ1) is 16.1. The average molecular weight is 319 g/mol. The number of nitrogens with one attached hydrogen (secondary N) is 1. The first-order chi connectivity index (χ1) is 11.3. The number of aliphatic hydroxyl groups is 1. The SMILES string of the molecule is O=C1CC[C@@H](c2ccc(OCCO)c(OC3CCCC3)c2)CN1. The van der Waals surface area contributed by atoms with E-state index in [2.05, 4.69) is 5.32 Å². The van der Waals surface area contributed by atoms with Crippen LogP contribution in [0.25, 0.3) is 0 Å². The maximum atomic E-state index is 11.3. The van der Waals surface area contributed by atoms with Crippen LogP contribution in [-0.4, -0.2) is 36.9 Å². The molecule has 1 saturated carbocycles. The molecule has 1 aromatic carbocycles. The number of aliphatic hydroxyl groups excluding tert-OH is 1. The normalized spacial score (nSPS) is 22.0. The minimum atomic E-state index is -0.0146. The van der Waals surface area contributed by atoms with Gasteiger partial charge in [-0.3, -0.25) is 4.79 Å². The molecule has 23 heavy (non-hydrogen) atoms. The topological polar surface area (TPSA) is 67.8 Å². The Bertz CT molecular complexity index is 530. The third-order valence-electron chi connectivity index (χ3n) is 4.65. The molecule has 0 aromatic heterocycles. The van der Waals surface area contributed by atoms with Crippen LogP contribution in [-0.2, 0) is 4.79 Å². The Kier molecular flexibility index (Phi) is 5.39. The largest absolute Gasteiger partial charge is 0.487 e. The van der Waals surface area contributed by atoms with E-state index >= 15 is 0 Å². The molecule has 1 atom stereocenters. The maximum Gasteiger partial charge on any atom is 0.220 e. The Labute approximate surface area is 137 Å². The predicted octanol–water partition coefficient (Wildman–Crippen LogP) is 2.37. The Morgan fingerprint density at radius 2 is 2.00 bits per heavy atom. The molecule has 1 saturated heterocycles. The molecule has 1 aliphatic carbocycles. The number of amides is 1. The zero-order valence-corrected chi connectivity index (χ0v) is 13.4. The van der Waals surface area contributed by atoms with E-state index in [0.717, 1.165) is 25.0 Å². The fourth-order valence-electron chi connectivity index (χ4n) is 3.35. The lowest BCUT2D eigenvalue weighted by atomic mass is 9.91. The lowest BCUT2D eigenvalue weighted by Gasteiger charge is -2.24. The third-order valence-corrected chi connectivity index (χ3v) is 4.65. The second-order valence-electron chi connectivity index (χ2n) is 6.34. The highest BCUT2D eigenvalue weighted by molar-refractivity contribution is 5.76. The first-order valence-electron chi connectivity index (χ1n) is 8.57. The number of carbonyl (C=O) groups is 1. The summed E-state index contributed by atoms with van der Waals surface area (Å²) in [5.74, 6) is 1.91. The van der Waals surface area contributed by atoms with Gasteiger partial charge in [-0.25, -0.2) is 0 Å². The summed E-state index contributed by atoms with van der Waals surface area (Å²) in [5.41, 5.74) is 1.18. The molecule has 2 N–H and O–H groups in total. The number of benzene rings is 1. The van der Waals surface area contributed by atoms with Crippen molar-refractivity contribution in [3.8, 4) is 11.5 Å². The van der Waals surface area contributed by atoms with Crippen LogP contribution in [0.4, 0.5) is 0 Å². The van der Waals surface area contributed by atoms with E-state index < -0.39 is 0 Å². The first-order valence-corrected chi connectivity index (χ1v) is 8.57. The van der Waals surface area contributed by atoms with Gasteiger partial charge >= 0.3 is 0 Å². The third kappa shape index (κ3) is 4.16. The summed E-state index contributed by atoms with van der Waals surface area (Å²) in [7, 11) is 0. The lowest BCUT2D eigenvalue weighted by Crippen LogP contribution is -2.33. The summed E-state index contributed by atoms with van der Waals surface area (Å²) < 4.78 is 11.8. The minimum Gasteiger partial charge on any atom is -0.487 e. The van der Waals surface area contributed by atoms with Gasteiger partial charge in [0.15, 0.2) is 11.5 Å². The summed E-state index contributed by atoms with van der Waals surface area (Å²) in [4.78, 5) is 11.3. The van der Waals surface area contributed by atoms with E-state index in [1.54, 1.807) is 0 Å². The van der Waals surface area contributed by atoms with Crippen LogP contribution in [0.5, 0.6) is 11.5 Å². The zero-order chi connectivity index (χ0) is 16.1. The van der Waals surface area contributed by atoms with Crippen LogP contribution in [0.3, 0.4) is 0 Å². The summed E-state index contributed by atoms with van der Waals surface area (Å²) in [6, 6.07) is 6.01. The second-order valence-corrected chi connectivity index (χ2v) is 6.34. The smallest absolute Gasteiger partial charge is 0.220 e. The van der Waals surface area contributed by atoms with Gasteiger partial charge in [-0.1, -0.05) is 6.07 Å². The number of ether oxygens (including phenoxy) is 2. The monoisotopic (exact) mass is 319 g/mol. The molecule has 1 amide bonds. The second kappa shape index (κ2) is 7.68. The van der Waals surface area contributed by atoms with Gasteiger partial charge in [0, 0.05) is 18.9 Å². The van der Waals surface area contributed by atoms with Crippen LogP contribution in [0, 0.1) is 0 Å². The Morgan fingerprint density at radius 1 is 1.17 bits per heavy atom. The van der Waals surface area contributed by atoms with Gasteiger partial charge < -0.3 is 19.9 Å². The van der Waals surface area contributed by atoms with Crippen LogP contribution in [0.1, 0.15) is 50.0 Å². The van der Waals surface area contributed by atoms with Gasteiger partial charge in [0.1, 0.15) is 6.61 Å². The van der Waals surface area contributed by atoms with Gasteiger partial charge in [-0.2, -0.15) is 0 Å². The van der Waals surface area contributed by atoms with Crippen molar-refractivity contribution in [1.29, 1.82) is 0 Å². The van der Waals surface area contributed by atoms with E-state index in [1.165, 1.54) is 18.4 Å². The molecular weight excluding hydrogens is 294 g/mol. The van der Waals surface area contributed by atoms with Crippen molar-refractivity contribution >= 4 is 5.91 Å². The van der Waals surface area contributed by atoms with Crippen molar-refractivity contribution in [2.45, 2.75) is 50.5 Å². The molecular formula is C18H25NO4. The van der Waals surface area contributed by atoms with E-state index in [9.17, 15) is 4.79 Å². The highest BCUT2D eigenvalue weighted by Gasteiger charge is 2.23. The van der Waals surface area contributed by atoms with Gasteiger partial charge in [0.2, 0.25) is 5.91 Å². The van der Waals surface area contributed by atoms with Gasteiger partial charge in [-0.15, -0.1) is 0 Å². The summed E-state index contributed by atoms with van der Waals surface area (Å²) in [5, 5.41) is 11.9. The molecule has 2 fully saturated rings. The number of rotatable bonds is 6. The van der Waals surface area contributed by atoms with E-state index in [-0.39, 0.29) is 25.2 Å². The highest BCUT2D eigenvalue weighted by atomic mass is 16.5. The maximum absolute atomic E-state index is 11.3. The Morgan fingerprint density at radius 3 is 2.70 bits per heavy atom. The minimum absolute atomic E-state index is 0.0146. The van der Waals surface area contributed by atoms with Crippen molar-refractivity contribution in [3.05, 3.63) is 23.8 Å². The quantitative estimate of drug-likeness (QED) is 0.845. The molecule has 0 spiro atoms. The Balaban J connectivity index is 1.76. The molecule has 2 aliphatic rings. The van der Waals surface area contributed by atoms with E-state index in [0.29, 0.717) is 24.6 Å². The fourth-order valence-corrected chi connectivity index (χ4v) is 3.35.